The minimum atomic E-state index is -0.819. The number of aryl methyl sites for hydroxylation is 2. The molecule has 24 heavy (non-hydrogen) atoms. The standard InChI is InChI=1S/C12H14N4O6S2/c1-7-9(3-5-21-15(17)18)23-11(13-7)12-14-8(2)10(24-12)4-6-22-16(19)20/h3-6H2,1-2H3. The Morgan fingerprint density at radius 1 is 0.875 bits per heavy atom. The summed E-state index contributed by atoms with van der Waals surface area (Å²) >= 11 is 2.82. The van der Waals surface area contributed by atoms with Gasteiger partial charge in [0.1, 0.15) is 13.2 Å². The van der Waals surface area contributed by atoms with Crippen LogP contribution in [0.4, 0.5) is 0 Å². The molecule has 0 saturated heterocycles. The summed E-state index contributed by atoms with van der Waals surface area (Å²) in [5.41, 5.74) is 1.57. The van der Waals surface area contributed by atoms with Gasteiger partial charge in [0.15, 0.2) is 10.0 Å². The van der Waals surface area contributed by atoms with Gasteiger partial charge in [-0.1, -0.05) is 0 Å². The number of hydrogen-bond acceptors (Lipinski definition) is 10. The molecule has 0 aliphatic rings. The summed E-state index contributed by atoms with van der Waals surface area (Å²) in [7, 11) is 0. The molecule has 0 aromatic carbocycles. The number of thiazole rings is 2. The van der Waals surface area contributed by atoms with Crippen LogP contribution in [-0.2, 0) is 22.5 Å². The molecule has 0 atom stereocenters. The van der Waals surface area contributed by atoms with E-state index in [1.54, 1.807) is 0 Å². The van der Waals surface area contributed by atoms with Gasteiger partial charge in [-0.2, -0.15) is 0 Å². The molecule has 2 heterocycles. The van der Waals surface area contributed by atoms with E-state index in [2.05, 4.69) is 19.6 Å². The van der Waals surface area contributed by atoms with Crippen molar-refractivity contribution in [2.75, 3.05) is 13.2 Å². The Hall–Kier alpha value is -2.34. The number of rotatable bonds is 9. The Morgan fingerprint density at radius 2 is 1.25 bits per heavy atom. The fourth-order valence-corrected chi connectivity index (χ4v) is 4.03. The van der Waals surface area contributed by atoms with Gasteiger partial charge in [-0.15, -0.1) is 42.9 Å². The van der Waals surface area contributed by atoms with Crippen LogP contribution in [0.2, 0.25) is 0 Å². The van der Waals surface area contributed by atoms with E-state index in [1.807, 2.05) is 13.8 Å². The number of aromatic nitrogens is 2. The SMILES string of the molecule is Cc1nc(-c2nc(C)c(CCO[N+](=O)[O-])s2)sc1CCO[N+](=O)[O-]. The summed E-state index contributed by atoms with van der Waals surface area (Å²) in [6, 6.07) is 0. The van der Waals surface area contributed by atoms with Crippen molar-refractivity contribution in [3.63, 3.8) is 0 Å². The van der Waals surface area contributed by atoms with E-state index < -0.39 is 10.2 Å². The van der Waals surface area contributed by atoms with E-state index in [0.29, 0.717) is 12.8 Å². The van der Waals surface area contributed by atoms with Gasteiger partial charge in [-0.25, -0.2) is 9.97 Å². The van der Waals surface area contributed by atoms with Gasteiger partial charge in [0.2, 0.25) is 0 Å². The molecule has 130 valence electrons. The third-order valence-electron chi connectivity index (χ3n) is 3.02. The van der Waals surface area contributed by atoms with Crippen LogP contribution >= 0.6 is 22.7 Å². The quantitative estimate of drug-likeness (QED) is 0.483. The van der Waals surface area contributed by atoms with Crippen molar-refractivity contribution in [2.24, 2.45) is 0 Å². The predicted octanol–water partition coefficient (Wildman–Crippen LogP) is 2.39. The van der Waals surface area contributed by atoms with Gasteiger partial charge in [-0.3, -0.25) is 0 Å². The molecule has 2 aromatic rings. The van der Waals surface area contributed by atoms with Gasteiger partial charge in [-0.05, 0) is 13.8 Å². The molecule has 0 fully saturated rings. The van der Waals surface area contributed by atoms with Gasteiger partial charge >= 0.3 is 0 Å². The van der Waals surface area contributed by atoms with Crippen molar-refractivity contribution < 1.29 is 19.8 Å². The maximum atomic E-state index is 10.2. The van der Waals surface area contributed by atoms with Crippen molar-refractivity contribution in [1.82, 2.24) is 9.97 Å². The fourth-order valence-electron chi connectivity index (χ4n) is 1.93. The minimum absolute atomic E-state index is 0.0180. The second-order valence-corrected chi connectivity index (χ2v) is 6.84. The highest BCUT2D eigenvalue weighted by molar-refractivity contribution is 7.21. The minimum Gasteiger partial charge on any atom is -0.314 e. The molecule has 0 radical (unpaired) electrons. The van der Waals surface area contributed by atoms with E-state index >= 15 is 0 Å². The molecule has 2 aromatic heterocycles. The van der Waals surface area contributed by atoms with Crippen LogP contribution in [0.15, 0.2) is 0 Å². The molecule has 0 aliphatic carbocycles. The summed E-state index contributed by atoms with van der Waals surface area (Å²) in [5, 5.41) is 20.2. The Bertz CT molecular complexity index is 682. The van der Waals surface area contributed by atoms with Gasteiger partial charge in [0, 0.05) is 22.6 Å². The highest BCUT2D eigenvalue weighted by Gasteiger charge is 2.15. The second-order valence-electron chi connectivity index (χ2n) is 4.67. The lowest BCUT2D eigenvalue weighted by Crippen LogP contribution is -2.04. The Kier molecular flexibility index (Phi) is 5.98. The van der Waals surface area contributed by atoms with Crippen molar-refractivity contribution >= 4 is 22.7 Å². The fraction of sp³-hybridized carbons (Fsp3) is 0.500. The summed E-state index contributed by atoms with van der Waals surface area (Å²) in [4.78, 5) is 39.7. The molecule has 0 amide bonds. The van der Waals surface area contributed by atoms with Crippen LogP contribution < -0.4 is 0 Å². The molecule has 0 unspecified atom stereocenters. The Morgan fingerprint density at radius 3 is 1.58 bits per heavy atom. The molecular weight excluding hydrogens is 360 g/mol. The summed E-state index contributed by atoms with van der Waals surface area (Å²) < 4.78 is 0. The van der Waals surface area contributed by atoms with E-state index in [9.17, 15) is 20.2 Å². The Labute approximate surface area is 144 Å². The van der Waals surface area contributed by atoms with E-state index in [-0.39, 0.29) is 13.2 Å². The lowest BCUT2D eigenvalue weighted by atomic mass is 10.3. The molecule has 0 saturated carbocycles. The molecule has 2 rings (SSSR count). The van der Waals surface area contributed by atoms with E-state index in [1.165, 1.54) is 22.7 Å². The van der Waals surface area contributed by atoms with Crippen LogP contribution in [0, 0.1) is 34.1 Å². The molecule has 0 spiro atoms. The second kappa shape index (κ2) is 7.97. The normalized spacial score (nSPS) is 10.6. The topological polar surface area (TPSA) is 131 Å². The average molecular weight is 374 g/mol. The first-order valence-corrected chi connectivity index (χ1v) is 8.47. The summed E-state index contributed by atoms with van der Waals surface area (Å²) in [6.45, 7) is 3.62. The van der Waals surface area contributed by atoms with Crippen molar-refractivity contribution in [2.45, 2.75) is 26.7 Å². The monoisotopic (exact) mass is 374 g/mol. The zero-order chi connectivity index (χ0) is 17.7. The molecule has 0 N–H and O–H groups in total. The lowest BCUT2D eigenvalue weighted by molar-refractivity contribution is -0.757. The van der Waals surface area contributed by atoms with Gasteiger partial charge in [0.05, 0.1) is 11.4 Å². The first-order valence-electron chi connectivity index (χ1n) is 6.84. The van der Waals surface area contributed by atoms with E-state index in [4.69, 9.17) is 0 Å². The maximum Gasteiger partial charge on any atom is 0.294 e. The van der Waals surface area contributed by atoms with Crippen LogP contribution in [0.3, 0.4) is 0 Å². The zero-order valence-corrected chi connectivity index (χ0v) is 14.5. The first-order chi connectivity index (χ1) is 11.4. The number of hydrogen-bond donors (Lipinski definition) is 0. The smallest absolute Gasteiger partial charge is 0.294 e. The van der Waals surface area contributed by atoms with E-state index in [0.717, 1.165) is 31.2 Å². The maximum absolute atomic E-state index is 10.2. The third-order valence-corrected chi connectivity index (χ3v) is 5.60. The van der Waals surface area contributed by atoms with Crippen LogP contribution in [0.25, 0.3) is 10.0 Å². The summed E-state index contributed by atoms with van der Waals surface area (Å²) in [6.07, 6.45) is 0.802. The van der Waals surface area contributed by atoms with Gasteiger partial charge < -0.3 is 9.68 Å². The highest BCUT2D eigenvalue weighted by atomic mass is 32.1. The van der Waals surface area contributed by atoms with Crippen molar-refractivity contribution in [3.8, 4) is 10.0 Å². The lowest BCUT2D eigenvalue weighted by Gasteiger charge is -1.96. The first kappa shape index (κ1) is 18.0. The Balaban J connectivity index is 2.06. The van der Waals surface area contributed by atoms with Crippen LogP contribution in [-0.4, -0.2) is 33.4 Å². The van der Waals surface area contributed by atoms with Crippen molar-refractivity contribution in [1.29, 1.82) is 0 Å². The van der Waals surface area contributed by atoms with Crippen molar-refractivity contribution in [3.05, 3.63) is 41.4 Å². The predicted molar refractivity (Wildman–Crippen MR) is 86.0 cm³/mol. The summed E-state index contributed by atoms with van der Waals surface area (Å²) in [5.74, 6) is 0. The van der Waals surface area contributed by atoms with Crippen LogP contribution in [0.5, 0.6) is 0 Å². The molecule has 12 heteroatoms. The largest absolute Gasteiger partial charge is 0.314 e. The number of nitrogens with zero attached hydrogens (tertiary/aromatic N) is 4. The highest BCUT2D eigenvalue weighted by Crippen LogP contribution is 2.33. The van der Waals surface area contributed by atoms with Gasteiger partial charge in [0.25, 0.3) is 10.2 Å². The molecule has 10 nitrogen and oxygen atoms in total. The zero-order valence-electron chi connectivity index (χ0n) is 12.9. The molecule has 0 aliphatic heterocycles. The molecular formula is C12H14N4O6S2. The van der Waals surface area contributed by atoms with Crippen LogP contribution in [0.1, 0.15) is 21.1 Å². The average Bonchev–Trinajstić information content (AvgIpc) is 3.02. The molecule has 0 bridgehead atoms. The third kappa shape index (κ3) is 4.83.